The van der Waals surface area contributed by atoms with E-state index in [1.807, 2.05) is 23.9 Å². The fourth-order valence-corrected chi connectivity index (χ4v) is 3.50. The van der Waals surface area contributed by atoms with E-state index in [-0.39, 0.29) is 6.04 Å². The Morgan fingerprint density at radius 1 is 1.45 bits per heavy atom. The fraction of sp³-hybridized carbons (Fsp3) is 0.467. The van der Waals surface area contributed by atoms with Gasteiger partial charge in [-0.2, -0.15) is 0 Å². The number of likely N-dealkylation sites (N-methyl/N-ethyl adjacent to an activating group) is 1. The first-order valence-corrected chi connectivity index (χ1v) is 7.72. The Labute approximate surface area is 123 Å². The summed E-state index contributed by atoms with van der Waals surface area (Å²) in [6, 6.07) is 4.55. The third-order valence-electron chi connectivity index (χ3n) is 3.61. The second-order valence-electron chi connectivity index (χ2n) is 5.57. The van der Waals surface area contributed by atoms with Crippen LogP contribution < -0.4 is 0 Å². The predicted molar refractivity (Wildman–Crippen MR) is 85.7 cm³/mol. The molecule has 1 aliphatic heterocycles. The monoisotopic (exact) mass is 288 g/mol. The zero-order valence-corrected chi connectivity index (χ0v) is 13.0. The molecule has 106 valence electrons. The Bertz CT molecular complexity index is 632. The summed E-state index contributed by atoms with van der Waals surface area (Å²) in [4.78, 5) is 14.9. The molecule has 0 N–H and O–H groups in total. The highest BCUT2D eigenvalue weighted by Gasteiger charge is 2.21. The number of fused-ring (bicyclic) bond motifs is 1. The van der Waals surface area contributed by atoms with Gasteiger partial charge in [0.1, 0.15) is 6.04 Å². The van der Waals surface area contributed by atoms with Gasteiger partial charge in [0, 0.05) is 30.7 Å². The minimum absolute atomic E-state index is 0.274. The number of hydrogen-bond donors (Lipinski definition) is 0. The van der Waals surface area contributed by atoms with Crippen molar-refractivity contribution in [2.45, 2.75) is 13.0 Å². The van der Waals surface area contributed by atoms with Gasteiger partial charge < -0.3 is 9.80 Å². The molecule has 1 unspecified atom stereocenters. The topological polar surface area (TPSA) is 31.7 Å². The summed E-state index contributed by atoms with van der Waals surface area (Å²) in [7, 11) is 4.20. The third kappa shape index (κ3) is 2.69. The average Bonchev–Trinajstić information content (AvgIpc) is 3.03. The van der Waals surface area contributed by atoms with Gasteiger partial charge in [0.25, 0.3) is 0 Å². The van der Waals surface area contributed by atoms with Gasteiger partial charge >= 0.3 is 0 Å². The molecule has 0 radical (unpaired) electrons. The van der Waals surface area contributed by atoms with E-state index in [0.29, 0.717) is 0 Å². The third-order valence-corrected chi connectivity index (χ3v) is 4.97. The molecular weight excluding hydrogens is 268 g/mol. The molecular formula is C15H20N4S. The molecule has 1 aliphatic rings. The molecule has 0 bridgehead atoms. The van der Waals surface area contributed by atoms with E-state index in [1.165, 1.54) is 15.1 Å². The van der Waals surface area contributed by atoms with Crippen LogP contribution in [0.25, 0.3) is 10.2 Å². The number of thiophene rings is 1. The van der Waals surface area contributed by atoms with Crippen LogP contribution in [0.2, 0.25) is 0 Å². The van der Waals surface area contributed by atoms with E-state index in [0.717, 1.165) is 25.2 Å². The Hall–Kier alpha value is -1.46. The zero-order chi connectivity index (χ0) is 14.1. The molecule has 0 fully saturated rings. The highest BCUT2D eigenvalue weighted by atomic mass is 32.1. The minimum atomic E-state index is 0.274. The summed E-state index contributed by atoms with van der Waals surface area (Å²) >= 11 is 1.83. The molecule has 0 aromatic carbocycles. The molecule has 5 heteroatoms. The molecule has 0 amide bonds. The fourth-order valence-electron chi connectivity index (χ4n) is 2.38. The smallest absolute Gasteiger partial charge is 0.103 e. The van der Waals surface area contributed by atoms with Crippen molar-refractivity contribution < 1.29 is 0 Å². The number of aryl methyl sites for hydroxylation is 1. The van der Waals surface area contributed by atoms with Gasteiger partial charge in [0.15, 0.2) is 0 Å². The number of hydrogen-bond acceptors (Lipinski definition) is 5. The number of nitrogens with zero attached hydrogens (tertiary/aromatic N) is 4. The van der Waals surface area contributed by atoms with E-state index < -0.39 is 0 Å². The first kappa shape index (κ1) is 13.5. The van der Waals surface area contributed by atoms with Crippen molar-refractivity contribution >= 4 is 27.9 Å². The molecule has 4 nitrogen and oxygen atoms in total. The number of aliphatic imine (C=N–C) groups is 1. The van der Waals surface area contributed by atoms with Gasteiger partial charge in [-0.05, 0) is 38.7 Å². The van der Waals surface area contributed by atoms with Crippen LogP contribution in [-0.4, -0.2) is 54.9 Å². The average molecular weight is 288 g/mol. The van der Waals surface area contributed by atoms with Crippen molar-refractivity contribution in [2.24, 2.45) is 4.99 Å². The Balaban J connectivity index is 1.73. The van der Waals surface area contributed by atoms with Crippen LogP contribution >= 0.6 is 11.3 Å². The van der Waals surface area contributed by atoms with Crippen molar-refractivity contribution in [3.8, 4) is 0 Å². The molecule has 3 heterocycles. The number of rotatable bonds is 4. The van der Waals surface area contributed by atoms with Crippen LogP contribution in [-0.2, 0) is 0 Å². The van der Waals surface area contributed by atoms with Crippen LogP contribution in [0.3, 0.4) is 0 Å². The molecule has 20 heavy (non-hydrogen) atoms. The van der Waals surface area contributed by atoms with E-state index >= 15 is 0 Å². The van der Waals surface area contributed by atoms with E-state index in [9.17, 15) is 0 Å². The lowest BCUT2D eigenvalue weighted by Crippen LogP contribution is -2.29. The van der Waals surface area contributed by atoms with Crippen LogP contribution in [0.15, 0.2) is 23.3 Å². The molecule has 0 saturated carbocycles. The summed E-state index contributed by atoms with van der Waals surface area (Å²) < 4.78 is 1.30. The highest BCUT2D eigenvalue weighted by molar-refractivity contribution is 7.19. The van der Waals surface area contributed by atoms with Gasteiger partial charge in [-0.3, -0.25) is 9.98 Å². The lowest BCUT2D eigenvalue weighted by molar-refractivity contribution is 0.338. The van der Waals surface area contributed by atoms with Crippen molar-refractivity contribution in [3.05, 3.63) is 28.8 Å². The Kier molecular flexibility index (Phi) is 3.72. The minimum Gasteiger partial charge on any atom is -0.359 e. The van der Waals surface area contributed by atoms with Crippen LogP contribution in [0.5, 0.6) is 0 Å². The van der Waals surface area contributed by atoms with Crippen molar-refractivity contribution in [1.82, 2.24) is 14.8 Å². The van der Waals surface area contributed by atoms with Crippen molar-refractivity contribution in [2.75, 3.05) is 33.7 Å². The maximum Gasteiger partial charge on any atom is 0.103 e. The SMILES string of the molecule is Cc1ccnc2cc(C3CN(CCN(C)C)C=N3)sc12. The van der Waals surface area contributed by atoms with Gasteiger partial charge in [0.05, 0.1) is 16.6 Å². The quantitative estimate of drug-likeness (QED) is 0.866. The lowest BCUT2D eigenvalue weighted by atomic mass is 10.2. The Morgan fingerprint density at radius 2 is 2.30 bits per heavy atom. The number of pyridine rings is 1. The molecule has 2 aromatic heterocycles. The molecule has 0 spiro atoms. The molecule has 2 aromatic rings. The molecule has 1 atom stereocenters. The van der Waals surface area contributed by atoms with Gasteiger partial charge in [0.2, 0.25) is 0 Å². The molecule has 3 rings (SSSR count). The predicted octanol–water partition coefficient (Wildman–Crippen LogP) is 2.55. The summed E-state index contributed by atoms with van der Waals surface area (Å²) in [5.74, 6) is 0. The second kappa shape index (κ2) is 5.50. The number of aromatic nitrogens is 1. The van der Waals surface area contributed by atoms with Crippen LogP contribution in [0.1, 0.15) is 16.5 Å². The highest BCUT2D eigenvalue weighted by Crippen LogP contribution is 2.34. The normalized spacial score (nSPS) is 18.6. The standard InChI is InChI=1S/C15H20N4S/c1-11-4-5-16-12-8-14(20-15(11)12)13-9-19(10-17-13)7-6-18(2)3/h4-5,8,10,13H,6-7,9H2,1-3H3. The van der Waals surface area contributed by atoms with Crippen molar-refractivity contribution in [3.63, 3.8) is 0 Å². The zero-order valence-electron chi connectivity index (χ0n) is 12.2. The van der Waals surface area contributed by atoms with E-state index in [1.54, 1.807) is 0 Å². The van der Waals surface area contributed by atoms with E-state index in [4.69, 9.17) is 0 Å². The van der Waals surface area contributed by atoms with Gasteiger partial charge in [-0.25, -0.2) is 0 Å². The first-order chi connectivity index (χ1) is 9.63. The Morgan fingerprint density at radius 3 is 3.05 bits per heavy atom. The lowest BCUT2D eigenvalue weighted by Gasteiger charge is -2.18. The van der Waals surface area contributed by atoms with Crippen molar-refractivity contribution in [1.29, 1.82) is 0 Å². The summed E-state index contributed by atoms with van der Waals surface area (Å²) in [5, 5.41) is 0. The largest absolute Gasteiger partial charge is 0.359 e. The van der Waals surface area contributed by atoms with Crippen LogP contribution in [0.4, 0.5) is 0 Å². The van der Waals surface area contributed by atoms with E-state index in [2.05, 4.69) is 52.9 Å². The summed E-state index contributed by atoms with van der Waals surface area (Å²) in [6.45, 7) is 5.23. The van der Waals surface area contributed by atoms with Gasteiger partial charge in [-0.1, -0.05) is 0 Å². The van der Waals surface area contributed by atoms with Gasteiger partial charge in [-0.15, -0.1) is 11.3 Å². The summed E-state index contributed by atoms with van der Waals surface area (Å²) in [6.07, 6.45) is 3.88. The first-order valence-electron chi connectivity index (χ1n) is 6.90. The second-order valence-corrected chi connectivity index (χ2v) is 6.65. The van der Waals surface area contributed by atoms with Crippen LogP contribution in [0, 0.1) is 6.92 Å². The maximum atomic E-state index is 4.66. The summed E-state index contributed by atoms with van der Waals surface area (Å²) in [5.41, 5.74) is 2.41. The molecule has 0 aliphatic carbocycles. The maximum absolute atomic E-state index is 4.66. The molecule has 0 saturated heterocycles.